The van der Waals surface area contributed by atoms with Crippen molar-refractivity contribution in [1.29, 1.82) is 0 Å². The minimum absolute atomic E-state index is 0.380. The molecule has 1 aromatic carbocycles. The topological polar surface area (TPSA) is 38.4 Å². The van der Waals surface area contributed by atoms with Crippen LogP contribution in [0.4, 0.5) is 5.69 Å². The van der Waals surface area contributed by atoms with Crippen LogP contribution < -0.4 is 5.73 Å². The SMILES string of the molecule is NC(=Nc1c(Cl)cc(Br)cc1Cl)C1CCCC1. The summed E-state index contributed by atoms with van der Waals surface area (Å²) in [5.41, 5.74) is 6.58. The predicted molar refractivity (Wildman–Crippen MR) is 77.4 cm³/mol. The van der Waals surface area contributed by atoms with Gasteiger partial charge in [0.2, 0.25) is 0 Å². The lowest BCUT2D eigenvalue weighted by atomic mass is 10.1. The van der Waals surface area contributed by atoms with Crippen molar-refractivity contribution < 1.29 is 0 Å². The van der Waals surface area contributed by atoms with Crippen molar-refractivity contribution in [3.8, 4) is 0 Å². The van der Waals surface area contributed by atoms with E-state index in [1.165, 1.54) is 12.8 Å². The molecule has 17 heavy (non-hydrogen) atoms. The van der Waals surface area contributed by atoms with Crippen LogP contribution in [0.5, 0.6) is 0 Å². The average molecular weight is 336 g/mol. The molecule has 0 atom stereocenters. The van der Waals surface area contributed by atoms with E-state index in [0.29, 0.717) is 27.5 Å². The van der Waals surface area contributed by atoms with Gasteiger partial charge in [0, 0.05) is 10.4 Å². The van der Waals surface area contributed by atoms with E-state index in [-0.39, 0.29) is 0 Å². The summed E-state index contributed by atoms with van der Waals surface area (Å²) in [4.78, 5) is 4.39. The monoisotopic (exact) mass is 334 g/mol. The highest BCUT2D eigenvalue weighted by atomic mass is 79.9. The maximum absolute atomic E-state index is 6.11. The molecule has 5 heteroatoms. The summed E-state index contributed by atoms with van der Waals surface area (Å²) in [5, 5.41) is 1.04. The van der Waals surface area contributed by atoms with Crippen LogP contribution in [0.3, 0.4) is 0 Å². The zero-order valence-electron chi connectivity index (χ0n) is 9.22. The second-order valence-corrected chi connectivity index (χ2v) is 5.97. The molecule has 2 nitrogen and oxygen atoms in total. The van der Waals surface area contributed by atoms with Crippen LogP contribution in [0.25, 0.3) is 0 Å². The minimum atomic E-state index is 0.380. The first-order chi connectivity index (χ1) is 8.08. The van der Waals surface area contributed by atoms with E-state index in [1.807, 2.05) is 0 Å². The van der Waals surface area contributed by atoms with E-state index in [9.17, 15) is 0 Å². The summed E-state index contributed by atoms with van der Waals surface area (Å²) in [5.74, 6) is 1.03. The normalized spacial score (nSPS) is 17.7. The van der Waals surface area contributed by atoms with Crippen molar-refractivity contribution in [3.05, 3.63) is 26.7 Å². The zero-order chi connectivity index (χ0) is 12.4. The van der Waals surface area contributed by atoms with Crippen LogP contribution in [0.2, 0.25) is 10.0 Å². The van der Waals surface area contributed by atoms with Crippen molar-refractivity contribution in [2.75, 3.05) is 0 Å². The van der Waals surface area contributed by atoms with Crippen molar-refractivity contribution >= 4 is 50.7 Å². The summed E-state index contributed by atoms with van der Waals surface area (Å²) in [7, 11) is 0. The highest BCUT2D eigenvalue weighted by Crippen LogP contribution is 2.37. The van der Waals surface area contributed by atoms with Crippen LogP contribution >= 0.6 is 39.1 Å². The lowest BCUT2D eigenvalue weighted by Crippen LogP contribution is -2.20. The molecule has 92 valence electrons. The third kappa shape index (κ3) is 3.15. The van der Waals surface area contributed by atoms with Gasteiger partial charge >= 0.3 is 0 Å². The number of amidine groups is 1. The molecule has 1 aliphatic carbocycles. The van der Waals surface area contributed by atoms with E-state index in [1.54, 1.807) is 12.1 Å². The van der Waals surface area contributed by atoms with Crippen LogP contribution in [0.15, 0.2) is 21.6 Å². The lowest BCUT2D eigenvalue weighted by Gasteiger charge is -2.09. The summed E-state index contributed by atoms with van der Waals surface area (Å²) < 4.78 is 0.839. The zero-order valence-corrected chi connectivity index (χ0v) is 12.3. The number of hydrogen-bond donors (Lipinski definition) is 1. The molecule has 2 rings (SSSR count). The fraction of sp³-hybridized carbons (Fsp3) is 0.417. The molecule has 2 N–H and O–H groups in total. The van der Waals surface area contributed by atoms with Gasteiger partial charge in [-0.15, -0.1) is 0 Å². The molecule has 0 aliphatic heterocycles. The quantitative estimate of drug-likeness (QED) is 0.603. The predicted octanol–water partition coefficient (Wildman–Crippen LogP) is 4.93. The average Bonchev–Trinajstić information content (AvgIpc) is 2.76. The Hall–Kier alpha value is -0.250. The molecular formula is C12H13BrCl2N2. The Bertz CT molecular complexity index is 431. The van der Waals surface area contributed by atoms with Gasteiger partial charge in [0.1, 0.15) is 11.5 Å². The Morgan fingerprint density at radius 3 is 2.29 bits per heavy atom. The van der Waals surface area contributed by atoms with Gasteiger partial charge in [-0.1, -0.05) is 52.0 Å². The molecule has 0 amide bonds. The van der Waals surface area contributed by atoms with Gasteiger partial charge in [-0.05, 0) is 25.0 Å². The molecule has 1 saturated carbocycles. The fourth-order valence-corrected chi connectivity index (χ4v) is 3.38. The summed E-state index contributed by atoms with van der Waals surface area (Å²) in [6, 6.07) is 3.54. The Kier molecular flexibility index (Phi) is 4.34. The van der Waals surface area contributed by atoms with E-state index in [2.05, 4.69) is 20.9 Å². The number of halogens is 3. The maximum atomic E-state index is 6.11. The van der Waals surface area contributed by atoms with Crippen LogP contribution in [-0.4, -0.2) is 5.84 Å². The van der Waals surface area contributed by atoms with Crippen LogP contribution in [-0.2, 0) is 0 Å². The van der Waals surface area contributed by atoms with Gasteiger partial charge in [-0.3, -0.25) is 0 Å². The molecule has 0 unspecified atom stereocenters. The molecule has 1 fully saturated rings. The smallest absolute Gasteiger partial charge is 0.103 e. The maximum Gasteiger partial charge on any atom is 0.103 e. The molecule has 0 heterocycles. The second-order valence-electron chi connectivity index (χ2n) is 4.24. The van der Waals surface area contributed by atoms with Crippen molar-refractivity contribution in [2.24, 2.45) is 16.6 Å². The largest absolute Gasteiger partial charge is 0.387 e. The van der Waals surface area contributed by atoms with Crippen molar-refractivity contribution in [3.63, 3.8) is 0 Å². The summed E-state index contributed by atoms with van der Waals surface area (Å²) in [6.07, 6.45) is 4.67. The van der Waals surface area contributed by atoms with Crippen molar-refractivity contribution in [2.45, 2.75) is 25.7 Å². The molecular weight excluding hydrogens is 323 g/mol. The minimum Gasteiger partial charge on any atom is -0.387 e. The van der Waals surface area contributed by atoms with Gasteiger partial charge in [0.15, 0.2) is 0 Å². The van der Waals surface area contributed by atoms with E-state index < -0.39 is 0 Å². The summed E-state index contributed by atoms with van der Waals surface area (Å²) >= 11 is 15.5. The van der Waals surface area contributed by atoms with Crippen LogP contribution in [0, 0.1) is 5.92 Å². The molecule has 1 aromatic rings. The number of benzene rings is 1. The Labute approximate surface area is 119 Å². The van der Waals surface area contributed by atoms with Gasteiger partial charge < -0.3 is 5.73 Å². The summed E-state index contributed by atoms with van der Waals surface area (Å²) in [6.45, 7) is 0. The fourth-order valence-electron chi connectivity index (χ4n) is 2.08. The molecule has 0 aromatic heterocycles. The van der Waals surface area contributed by atoms with E-state index in [0.717, 1.165) is 17.3 Å². The van der Waals surface area contributed by atoms with Gasteiger partial charge in [0.05, 0.1) is 10.0 Å². The molecule has 0 radical (unpaired) electrons. The number of hydrogen-bond acceptors (Lipinski definition) is 1. The lowest BCUT2D eigenvalue weighted by molar-refractivity contribution is 0.722. The van der Waals surface area contributed by atoms with E-state index in [4.69, 9.17) is 28.9 Å². The molecule has 0 bridgehead atoms. The number of nitrogens with zero attached hydrogens (tertiary/aromatic N) is 1. The van der Waals surface area contributed by atoms with Gasteiger partial charge in [-0.25, -0.2) is 4.99 Å². The Balaban J connectivity index is 2.31. The molecule has 0 saturated heterocycles. The standard InChI is InChI=1S/C12H13BrCl2N2/c13-8-5-9(14)11(10(15)6-8)17-12(16)7-3-1-2-4-7/h5-7H,1-4H2,(H2,16,17). The second kappa shape index (κ2) is 5.59. The molecule has 0 spiro atoms. The Morgan fingerprint density at radius 2 is 1.76 bits per heavy atom. The van der Waals surface area contributed by atoms with Gasteiger partial charge in [0.25, 0.3) is 0 Å². The third-order valence-electron chi connectivity index (χ3n) is 3.00. The number of rotatable bonds is 2. The van der Waals surface area contributed by atoms with Crippen LogP contribution in [0.1, 0.15) is 25.7 Å². The number of aliphatic imine (C=N–C) groups is 1. The third-order valence-corrected chi connectivity index (χ3v) is 4.03. The Morgan fingerprint density at radius 1 is 1.24 bits per heavy atom. The first kappa shape index (κ1) is 13.2. The van der Waals surface area contributed by atoms with Crippen molar-refractivity contribution in [1.82, 2.24) is 0 Å². The first-order valence-electron chi connectivity index (χ1n) is 5.56. The van der Waals surface area contributed by atoms with Gasteiger partial charge in [-0.2, -0.15) is 0 Å². The molecule has 1 aliphatic rings. The highest BCUT2D eigenvalue weighted by molar-refractivity contribution is 9.10. The number of nitrogens with two attached hydrogens (primary N) is 1. The van der Waals surface area contributed by atoms with E-state index >= 15 is 0 Å². The highest BCUT2D eigenvalue weighted by Gasteiger charge is 2.19. The first-order valence-corrected chi connectivity index (χ1v) is 7.11.